The molecule has 2 aromatic rings. The van der Waals surface area contributed by atoms with Crippen molar-refractivity contribution < 1.29 is 33.8 Å². The summed E-state index contributed by atoms with van der Waals surface area (Å²) in [5.74, 6) is -2.66. The highest BCUT2D eigenvalue weighted by atomic mass is 16.6. The molecule has 10 heteroatoms. The number of alkyl carbamates (subject to hydrolysis) is 1. The van der Waals surface area contributed by atoms with E-state index in [-0.39, 0.29) is 19.4 Å². The monoisotopic (exact) mass is 659 g/mol. The molecular weight excluding hydrogens is 610 g/mol. The summed E-state index contributed by atoms with van der Waals surface area (Å²) >= 11 is 0. The number of carboxylic acids is 1. The molecule has 0 radical (unpaired) electrons. The Bertz CT molecular complexity index is 1490. The highest BCUT2D eigenvalue weighted by Crippen LogP contribution is 2.46. The molecule has 4 rings (SSSR count). The van der Waals surface area contributed by atoms with Gasteiger partial charge in [0.05, 0.1) is 6.54 Å². The van der Waals surface area contributed by atoms with Crippen molar-refractivity contribution in [1.82, 2.24) is 15.5 Å². The predicted octanol–water partition coefficient (Wildman–Crippen LogP) is 5.97. The van der Waals surface area contributed by atoms with E-state index in [1.807, 2.05) is 60.7 Å². The summed E-state index contributed by atoms with van der Waals surface area (Å²) in [6, 6.07) is 15.6. The molecule has 1 saturated heterocycles. The number of rotatable bonds is 15. The van der Waals surface area contributed by atoms with Crippen molar-refractivity contribution in [3.05, 3.63) is 85.5 Å². The number of carboxylic acid groups (broad SMARTS) is 1. The fraction of sp³-hybridized carbons (Fsp3) is 0.474. The minimum absolute atomic E-state index is 0.0129. The molecule has 10 nitrogen and oxygen atoms in total. The van der Waals surface area contributed by atoms with E-state index in [9.17, 15) is 24.3 Å². The zero-order valence-corrected chi connectivity index (χ0v) is 28.5. The van der Waals surface area contributed by atoms with Crippen molar-refractivity contribution >= 4 is 23.9 Å². The fourth-order valence-electron chi connectivity index (χ4n) is 6.45. The van der Waals surface area contributed by atoms with Gasteiger partial charge in [-0.25, -0.2) is 9.59 Å². The summed E-state index contributed by atoms with van der Waals surface area (Å²) in [5.41, 5.74) is -0.543. The minimum Gasteiger partial charge on any atom is -0.479 e. The number of methoxy groups -OCH3 is 1. The van der Waals surface area contributed by atoms with Gasteiger partial charge in [-0.3, -0.25) is 9.59 Å². The number of likely N-dealkylation sites (tertiary alicyclic amines) is 1. The van der Waals surface area contributed by atoms with Gasteiger partial charge in [-0.1, -0.05) is 79.6 Å². The number of amides is 3. The Balaban J connectivity index is 1.67. The lowest BCUT2D eigenvalue weighted by molar-refractivity contribution is -0.145. The smallest absolute Gasteiger partial charge is 0.408 e. The van der Waals surface area contributed by atoms with Crippen LogP contribution in [0.3, 0.4) is 0 Å². The Morgan fingerprint density at radius 3 is 2.23 bits per heavy atom. The maximum Gasteiger partial charge on any atom is 0.408 e. The van der Waals surface area contributed by atoms with Crippen LogP contribution >= 0.6 is 0 Å². The summed E-state index contributed by atoms with van der Waals surface area (Å²) in [5, 5.41) is 15.5. The number of ether oxygens (including phenoxy) is 2. The van der Waals surface area contributed by atoms with Gasteiger partial charge in [-0.05, 0) is 63.1 Å². The van der Waals surface area contributed by atoms with Crippen LogP contribution in [0.25, 0.3) is 11.1 Å². The minimum atomic E-state index is -1.48. The van der Waals surface area contributed by atoms with Gasteiger partial charge >= 0.3 is 12.1 Å². The Kier molecular flexibility index (Phi) is 11.5. The molecular formula is C38H49N3O7. The zero-order chi connectivity index (χ0) is 35.1. The molecule has 258 valence electrons. The van der Waals surface area contributed by atoms with Crippen LogP contribution in [0.1, 0.15) is 71.3 Å². The first-order valence-electron chi connectivity index (χ1n) is 16.6. The van der Waals surface area contributed by atoms with Gasteiger partial charge in [0.1, 0.15) is 28.8 Å². The van der Waals surface area contributed by atoms with E-state index >= 15 is 0 Å². The van der Waals surface area contributed by atoms with Crippen molar-refractivity contribution in [1.29, 1.82) is 0 Å². The molecule has 0 aromatic heterocycles. The quantitative estimate of drug-likeness (QED) is 0.158. The molecule has 3 amide bonds. The van der Waals surface area contributed by atoms with Gasteiger partial charge in [0, 0.05) is 19.4 Å². The first-order valence-corrected chi connectivity index (χ1v) is 16.6. The molecule has 5 atom stereocenters. The molecule has 48 heavy (non-hydrogen) atoms. The molecule has 2 aliphatic rings. The van der Waals surface area contributed by atoms with Crippen LogP contribution < -0.4 is 10.6 Å². The Morgan fingerprint density at radius 1 is 1.00 bits per heavy atom. The topological polar surface area (TPSA) is 134 Å². The van der Waals surface area contributed by atoms with E-state index in [0.29, 0.717) is 12.8 Å². The fourth-order valence-corrected chi connectivity index (χ4v) is 6.45. The molecule has 1 aliphatic carbocycles. The second-order valence-corrected chi connectivity index (χ2v) is 13.8. The summed E-state index contributed by atoms with van der Waals surface area (Å²) < 4.78 is 11.6. The highest BCUT2D eigenvalue weighted by molar-refractivity contribution is 5.96. The lowest BCUT2D eigenvalue weighted by atomic mass is 9.89. The van der Waals surface area contributed by atoms with E-state index < -0.39 is 58.6 Å². The molecule has 2 aromatic carbocycles. The van der Waals surface area contributed by atoms with Crippen LogP contribution in [-0.4, -0.2) is 70.8 Å². The molecule has 1 aliphatic heterocycles. The lowest BCUT2D eigenvalue weighted by Gasteiger charge is -2.31. The molecule has 1 heterocycles. The van der Waals surface area contributed by atoms with Crippen molar-refractivity contribution in [2.45, 2.75) is 94.5 Å². The number of nitrogens with one attached hydrogen (secondary N) is 2. The number of unbranched alkanes of at least 4 members (excludes halogenated alkanes) is 3. The second-order valence-electron chi connectivity index (χ2n) is 13.8. The third kappa shape index (κ3) is 8.34. The largest absolute Gasteiger partial charge is 0.479 e. The average Bonchev–Trinajstić information content (AvgIpc) is 3.63. The number of carbonyl (C=O) groups excluding carboxylic acids is 3. The number of hydrogen-bond acceptors (Lipinski definition) is 6. The van der Waals surface area contributed by atoms with Crippen LogP contribution in [0, 0.1) is 5.92 Å². The number of carbonyl (C=O) groups is 4. The summed E-state index contributed by atoms with van der Waals surface area (Å²) in [6.07, 6.45) is 6.42. The van der Waals surface area contributed by atoms with E-state index in [1.165, 1.54) is 18.1 Å². The van der Waals surface area contributed by atoms with E-state index in [4.69, 9.17) is 9.47 Å². The van der Waals surface area contributed by atoms with Crippen LogP contribution in [0.2, 0.25) is 0 Å². The molecule has 1 saturated carbocycles. The maximum absolute atomic E-state index is 14.5. The Morgan fingerprint density at radius 2 is 1.67 bits per heavy atom. The van der Waals surface area contributed by atoms with E-state index in [0.717, 1.165) is 36.0 Å². The van der Waals surface area contributed by atoms with Crippen LogP contribution in [0.15, 0.2) is 79.9 Å². The number of hydrogen-bond donors (Lipinski definition) is 3. The van der Waals surface area contributed by atoms with Crippen molar-refractivity contribution in [3.8, 4) is 11.1 Å². The maximum atomic E-state index is 14.5. The molecule has 3 N–H and O–H groups in total. The standard InChI is InChI=1S/C38H49N3O7/c1-7-9-10-11-15-18-30(39-35(46)48-36(3,4)5)33(43)41-25-37(47-6,29-21-19-27(20-22-29)26-16-13-12-14-17-26)24-31(41)32(42)40-38(34(44)45)23-28(38)8-2/h7-8,12-14,16-17,19-22,28,30-31H,1-2,9-11,15,18,23-25H2,3-6H3,(H,39,46)(H,40,42)(H,44,45)/t28?,30-,31-,37-,38?/m0/s1. The SMILES string of the molecule is C=CCCCCC[C@H](NC(=O)OC(C)(C)C)C(=O)N1C[C@](OC)(c2ccc(-c3ccccc3)cc2)C[C@H]1C(=O)NC1(C(=O)O)CC1C=C. The van der Waals surface area contributed by atoms with Gasteiger partial charge in [0.15, 0.2) is 0 Å². The third-order valence-corrected chi connectivity index (χ3v) is 9.24. The summed E-state index contributed by atoms with van der Waals surface area (Å²) in [7, 11) is 1.54. The number of aliphatic carboxylic acids is 1. The molecule has 0 bridgehead atoms. The van der Waals surface area contributed by atoms with Crippen LogP contribution in [-0.2, 0) is 29.5 Å². The number of benzene rings is 2. The normalized spacial score (nSPS) is 23.9. The average molecular weight is 660 g/mol. The number of nitrogens with zero attached hydrogens (tertiary/aromatic N) is 1. The molecule has 2 unspecified atom stereocenters. The van der Waals surface area contributed by atoms with Crippen LogP contribution in [0.4, 0.5) is 4.79 Å². The van der Waals surface area contributed by atoms with Crippen molar-refractivity contribution in [3.63, 3.8) is 0 Å². The van der Waals surface area contributed by atoms with Gasteiger partial charge < -0.3 is 30.1 Å². The Hall–Kier alpha value is -4.44. The van der Waals surface area contributed by atoms with E-state index in [2.05, 4.69) is 23.8 Å². The van der Waals surface area contributed by atoms with Gasteiger partial charge in [-0.15, -0.1) is 13.2 Å². The highest BCUT2D eigenvalue weighted by Gasteiger charge is 2.62. The number of allylic oxidation sites excluding steroid dienone is 1. The third-order valence-electron chi connectivity index (χ3n) is 9.24. The predicted molar refractivity (Wildman–Crippen MR) is 184 cm³/mol. The Labute approximate surface area is 283 Å². The van der Waals surface area contributed by atoms with E-state index in [1.54, 1.807) is 20.8 Å². The van der Waals surface area contributed by atoms with Crippen LogP contribution in [0.5, 0.6) is 0 Å². The molecule has 2 fully saturated rings. The van der Waals surface area contributed by atoms with Gasteiger partial charge in [0.25, 0.3) is 0 Å². The lowest BCUT2D eigenvalue weighted by Crippen LogP contribution is -2.56. The van der Waals surface area contributed by atoms with Crippen molar-refractivity contribution in [2.75, 3.05) is 13.7 Å². The first kappa shape index (κ1) is 36.4. The summed E-state index contributed by atoms with van der Waals surface area (Å²) in [6.45, 7) is 12.7. The van der Waals surface area contributed by atoms with Gasteiger partial charge in [-0.2, -0.15) is 0 Å². The molecule has 0 spiro atoms. The second kappa shape index (κ2) is 15.2. The first-order chi connectivity index (χ1) is 22.8. The van der Waals surface area contributed by atoms with Gasteiger partial charge in [0.2, 0.25) is 11.8 Å². The zero-order valence-electron chi connectivity index (χ0n) is 28.5. The van der Waals surface area contributed by atoms with Crippen molar-refractivity contribution in [2.24, 2.45) is 5.92 Å². The summed E-state index contributed by atoms with van der Waals surface area (Å²) in [4.78, 5) is 55.1.